The second-order valence-corrected chi connectivity index (χ2v) is 4.70. The first-order valence-corrected chi connectivity index (χ1v) is 6.21. The van der Waals surface area contributed by atoms with E-state index in [1.807, 2.05) is 0 Å². The average Bonchev–Trinajstić information content (AvgIpc) is 2.43. The second kappa shape index (κ2) is 4.72. The summed E-state index contributed by atoms with van der Waals surface area (Å²) in [6.07, 6.45) is 1.41. The molecule has 0 aliphatic rings. The molecule has 1 aromatic heterocycles. The highest BCUT2D eigenvalue weighted by Crippen LogP contribution is 2.21. The third-order valence-corrected chi connectivity index (χ3v) is 3.35. The predicted molar refractivity (Wildman–Crippen MR) is 74.5 cm³/mol. The van der Waals surface area contributed by atoms with Crippen LogP contribution in [0.15, 0.2) is 53.5 Å². The van der Waals surface area contributed by atoms with Gasteiger partial charge in [-0.2, -0.15) is 0 Å². The molecule has 2 nitrogen and oxygen atoms in total. The number of halogens is 3. The molecule has 0 radical (unpaired) electrons. The molecule has 5 heteroatoms. The van der Waals surface area contributed by atoms with E-state index in [2.05, 4.69) is 0 Å². The molecule has 1 heterocycles. The van der Waals surface area contributed by atoms with Gasteiger partial charge >= 0.3 is 0 Å². The van der Waals surface area contributed by atoms with Crippen molar-refractivity contribution >= 4 is 22.4 Å². The fourth-order valence-corrected chi connectivity index (χ4v) is 2.24. The molecule has 3 aromatic rings. The SMILES string of the molecule is O=c1c2cc(Cl)c(F)cc2ccn1-c1ccccc1F. The van der Waals surface area contributed by atoms with Crippen LogP contribution in [0.5, 0.6) is 0 Å². The Labute approximate surface area is 117 Å². The first-order chi connectivity index (χ1) is 9.58. The Morgan fingerprint density at radius 2 is 1.75 bits per heavy atom. The molecule has 0 unspecified atom stereocenters. The summed E-state index contributed by atoms with van der Waals surface area (Å²) in [5, 5.41) is 0.521. The van der Waals surface area contributed by atoms with Gasteiger partial charge in [0.25, 0.3) is 5.56 Å². The van der Waals surface area contributed by atoms with Crippen LogP contribution in [-0.2, 0) is 0 Å². The summed E-state index contributed by atoms with van der Waals surface area (Å²) < 4.78 is 28.3. The topological polar surface area (TPSA) is 22.0 Å². The number of benzene rings is 2. The van der Waals surface area contributed by atoms with Crippen molar-refractivity contribution in [3.8, 4) is 5.69 Å². The van der Waals surface area contributed by atoms with Gasteiger partial charge in [0.1, 0.15) is 11.6 Å². The van der Waals surface area contributed by atoms with Crippen LogP contribution in [0.2, 0.25) is 5.02 Å². The van der Waals surface area contributed by atoms with Crippen LogP contribution in [0.1, 0.15) is 0 Å². The number of nitrogens with zero attached hydrogens (tertiary/aromatic N) is 1. The molecule has 0 aliphatic heterocycles. The second-order valence-electron chi connectivity index (χ2n) is 4.30. The molecule has 0 amide bonds. The van der Waals surface area contributed by atoms with E-state index in [1.54, 1.807) is 12.1 Å². The summed E-state index contributed by atoms with van der Waals surface area (Å²) in [7, 11) is 0. The van der Waals surface area contributed by atoms with Crippen molar-refractivity contribution < 1.29 is 8.78 Å². The Morgan fingerprint density at radius 1 is 1.00 bits per heavy atom. The van der Waals surface area contributed by atoms with Crippen LogP contribution in [0.3, 0.4) is 0 Å². The molecule has 100 valence electrons. The number of hydrogen-bond donors (Lipinski definition) is 0. The summed E-state index contributed by atoms with van der Waals surface area (Å²) in [4.78, 5) is 12.4. The maximum Gasteiger partial charge on any atom is 0.263 e. The largest absolute Gasteiger partial charge is 0.281 e. The Hall–Kier alpha value is -2.20. The average molecular weight is 292 g/mol. The Bertz CT molecular complexity index is 873. The third kappa shape index (κ3) is 1.98. The fraction of sp³-hybridized carbons (Fsp3) is 0. The van der Waals surface area contributed by atoms with Crippen molar-refractivity contribution in [3.63, 3.8) is 0 Å². The van der Waals surface area contributed by atoms with Gasteiger partial charge in [0.2, 0.25) is 0 Å². The molecular weight excluding hydrogens is 284 g/mol. The van der Waals surface area contributed by atoms with Gasteiger partial charge in [-0.15, -0.1) is 0 Å². The lowest BCUT2D eigenvalue weighted by Crippen LogP contribution is -2.18. The molecule has 3 rings (SSSR count). The number of aromatic nitrogens is 1. The monoisotopic (exact) mass is 291 g/mol. The van der Waals surface area contributed by atoms with Crippen molar-refractivity contribution in [2.45, 2.75) is 0 Å². The molecule has 0 fully saturated rings. The van der Waals surface area contributed by atoms with Gasteiger partial charge in [0.15, 0.2) is 0 Å². The van der Waals surface area contributed by atoms with Gasteiger partial charge < -0.3 is 0 Å². The van der Waals surface area contributed by atoms with E-state index in [0.717, 1.165) is 0 Å². The molecule has 0 N–H and O–H groups in total. The van der Waals surface area contributed by atoms with Gasteiger partial charge in [-0.3, -0.25) is 9.36 Å². The number of fused-ring (bicyclic) bond motifs is 1. The first kappa shape index (κ1) is 12.8. The van der Waals surface area contributed by atoms with Crippen LogP contribution in [0, 0.1) is 11.6 Å². The van der Waals surface area contributed by atoms with Crippen molar-refractivity contribution in [1.29, 1.82) is 0 Å². The zero-order valence-electron chi connectivity index (χ0n) is 10.1. The van der Waals surface area contributed by atoms with Gasteiger partial charge in [-0.1, -0.05) is 23.7 Å². The molecule has 20 heavy (non-hydrogen) atoms. The summed E-state index contributed by atoms with van der Waals surface area (Å²) >= 11 is 5.69. The summed E-state index contributed by atoms with van der Waals surface area (Å²) in [6.45, 7) is 0. The molecule has 0 bridgehead atoms. The van der Waals surface area contributed by atoms with E-state index in [0.29, 0.717) is 5.39 Å². The van der Waals surface area contributed by atoms with E-state index in [1.165, 1.54) is 41.1 Å². The minimum atomic E-state index is -0.595. The molecule has 0 saturated heterocycles. The lowest BCUT2D eigenvalue weighted by Gasteiger charge is -2.08. The lowest BCUT2D eigenvalue weighted by atomic mass is 10.1. The van der Waals surface area contributed by atoms with Crippen LogP contribution in [0.25, 0.3) is 16.5 Å². The highest BCUT2D eigenvalue weighted by Gasteiger charge is 2.10. The Balaban J connectivity index is 2.35. The normalized spacial score (nSPS) is 10.9. The maximum absolute atomic E-state index is 13.8. The summed E-state index contributed by atoms with van der Waals surface area (Å²) in [6, 6.07) is 9.92. The zero-order chi connectivity index (χ0) is 14.3. The van der Waals surface area contributed by atoms with E-state index < -0.39 is 17.2 Å². The van der Waals surface area contributed by atoms with Crippen molar-refractivity contribution in [2.24, 2.45) is 0 Å². The fourth-order valence-electron chi connectivity index (χ4n) is 2.07. The molecule has 2 aromatic carbocycles. The predicted octanol–water partition coefficient (Wildman–Crippen LogP) is 3.92. The van der Waals surface area contributed by atoms with E-state index in [-0.39, 0.29) is 16.1 Å². The van der Waals surface area contributed by atoms with Crippen LogP contribution < -0.4 is 5.56 Å². The summed E-state index contributed by atoms with van der Waals surface area (Å²) in [5.74, 6) is -1.11. The van der Waals surface area contributed by atoms with Gasteiger partial charge in [0.05, 0.1) is 10.7 Å². The number of pyridine rings is 1. The van der Waals surface area contributed by atoms with Gasteiger partial charge in [0, 0.05) is 11.6 Å². The highest BCUT2D eigenvalue weighted by atomic mass is 35.5. The molecule has 0 atom stereocenters. The van der Waals surface area contributed by atoms with E-state index in [9.17, 15) is 13.6 Å². The minimum Gasteiger partial charge on any atom is -0.281 e. The number of hydrogen-bond acceptors (Lipinski definition) is 1. The van der Waals surface area contributed by atoms with Crippen molar-refractivity contribution in [3.05, 3.63) is 75.7 Å². The minimum absolute atomic E-state index is 0.138. The molecule has 0 saturated carbocycles. The zero-order valence-corrected chi connectivity index (χ0v) is 10.9. The lowest BCUT2D eigenvalue weighted by molar-refractivity contribution is 0.616. The molecule has 0 spiro atoms. The number of rotatable bonds is 1. The Morgan fingerprint density at radius 3 is 2.50 bits per heavy atom. The van der Waals surface area contributed by atoms with Gasteiger partial charge in [-0.05, 0) is 35.7 Å². The highest BCUT2D eigenvalue weighted by molar-refractivity contribution is 6.31. The Kier molecular flexibility index (Phi) is 3.03. The smallest absolute Gasteiger partial charge is 0.263 e. The standard InChI is InChI=1S/C15H8ClF2NO/c16-11-8-10-9(7-13(11)18)5-6-19(15(10)20)14-4-2-1-3-12(14)17/h1-8H. The van der Waals surface area contributed by atoms with Crippen molar-refractivity contribution in [1.82, 2.24) is 4.57 Å². The quantitative estimate of drug-likeness (QED) is 0.666. The summed E-state index contributed by atoms with van der Waals surface area (Å²) in [5.41, 5.74) is -0.311. The van der Waals surface area contributed by atoms with E-state index in [4.69, 9.17) is 11.6 Å². The molecule has 0 aliphatic carbocycles. The van der Waals surface area contributed by atoms with Crippen LogP contribution in [0.4, 0.5) is 8.78 Å². The van der Waals surface area contributed by atoms with Crippen LogP contribution >= 0.6 is 11.6 Å². The van der Waals surface area contributed by atoms with Crippen LogP contribution in [-0.4, -0.2) is 4.57 Å². The molecular formula is C15H8ClF2NO. The van der Waals surface area contributed by atoms with Crippen molar-refractivity contribution in [2.75, 3.05) is 0 Å². The van der Waals surface area contributed by atoms with Gasteiger partial charge in [-0.25, -0.2) is 8.78 Å². The first-order valence-electron chi connectivity index (χ1n) is 5.83. The number of para-hydroxylation sites is 1. The van der Waals surface area contributed by atoms with E-state index >= 15 is 0 Å². The third-order valence-electron chi connectivity index (χ3n) is 3.06. The maximum atomic E-state index is 13.8.